The van der Waals surface area contributed by atoms with Crippen LogP contribution in [0.15, 0.2) is 90.1 Å². The van der Waals surface area contributed by atoms with Crippen LogP contribution in [0.1, 0.15) is 84.5 Å². The number of benzene rings is 4. The number of aryl methyl sites for hydroxylation is 1. The van der Waals surface area contributed by atoms with E-state index in [-0.39, 0.29) is 36.1 Å². The molecule has 2 aliphatic heterocycles. The molecule has 0 amide bonds. The van der Waals surface area contributed by atoms with E-state index in [2.05, 4.69) is 22.2 Å². The molecule has 1 unspecified atom stereocenters. The normalized spacial score (nSPS) is 22.7. The van der Waals surface area contributed by atoms with Gasteiger partial charge < -0.3 is 29.1 Å². The Hall–Kier alpha value is -4.78. The molecule has 11 nitrogen and oxygen atoms in total. The van der Waals surface area contributed by atoms with Gasteiger partial charge in [0.15, 0.2) is 0 Å². The number of hydrogen-bond donors (Lipinski definition) is 1. The van der Waals surface area contributed by atoms with Crippen LogP contribution in [0, 0.1) is 11.8 Å². The number of hydrogen-bond acceptors (Lipinski definition) is 9. The Balaban J connectivity index is 0.934. The second-order valence-electron chi connectivity index (χ2n) is 17.0. The van der Waals surface area contributed by atoms with Gasteiger partial charge in [-0.05, 0) is 135 Å². The van der Waals surface area contributed by atoms with E-state index in [4.69, 9.17) is 30.6 Å². The standard InChI is InChI=1S/C47H54ClN3O8S/c1-31(60(54,55)51(26-32-7-15-39(56-2)16-8-32)27-33-9-17-40(57-3)18-10-33)6-14-38-25-45(59-49-38)41-19-11-36(41)28-50-29-47(22-4-5-34-23-37(48)13-20-42(34)47)30-58-44-21-12-35(46(52)53)24-43(44)50/h7-10,12-13,15-18,20-21,23-24,31,36,41,45H,4-6,11,14,19,22,25-30H2,1-3H3,(H,52,53)/t31-,36+,41-,45+,47?/m1/s1. The molecule has 0 saturated heterocycles. The predicted molar refractivity (Wildman–Crippen MR) is 233 cm³/mol. The topological polar surface area (TPSA) is 127 Å². The first kappa shape index (κ1) is 41.9. The first-order chi connectivity index (χ1) is 28.9. The maximum absolute atomic E-state index is 14.3. The van der Waals surface area contributed by atoms with Crippen molar-refractivity contribution >= 4 is 39.0 Å². The van der Waals surface area contributed by atoms with Gasteiger partial charge in [0.2, 0.25) is 10.0 Å². The number of ether oxygens (including phenoxy) is 3. The van der Waals surface area contributed by atoms with Gasteiger partial charge in [0.1, 0.15) is 23.4 Å². The zero-order chi connectivity index (χ0) is 42.0. The van der Waals surface area contributed by atoms with Crippen molar-refractivity contribution in [1.82, 2.24) is 4.31 Å². The Bertz CT molecular complexity index is 2270. The highest BCUT2D eigenvalue weighted by molar-refractivity contribution is 7.89. The number of carboxylic acids is 1. The summed E-state index contributed by atoms with van der Waals surface area (Å²) in [5.74, 6) is 1.73. The molecular weight excluding hydrogens is 802 g/mol. The zero-order valence-electron chi connectivity index (χ0n) is 34.5. The van der Waals surface area contributed by atoms with E-state index in [1.54, 1.807) is 43.6 Å². The molecule has 0 bridgehead atoms. The molecule has 13 heteroatoms. The lowest BCUT2D eigenvalue weighted by Gasteiger charge is -2.45. The highest BCUT2D eigenvalue weighted by Crippen LogP contribution is 2.47. The Morgan fingerprint density at radius 1 is 0.983 bits per heavy atom. The Labute approximate surface area is 358 Å². The van der Waals surface area contributed by atoms with Crippen LogP contribution >= 0.6 is 11.6 Å². The summed E-state index contributed by atoms with van der Waals surface area (Å²) in [6.45, 7) is 4.18. The van der Waals surface area contributed by atoms with Crippen molar-refractivity contribution in [2.45, 2.75) is 88.1 Å². The number of fused-ring (bicyclic) bond motifs is 3. The molecule has 318 valence electrons. The quantitative estimate of drug-likeness (QED) is 0.125. The van der Waals surface area contributed by atoms with Crippen molar-refractivity contribution in [2.24, 2.45) is 17.0 Å². The second kappa shape index (κ2) is 17.7. The summed E-state index contributed by atoms with van der Waals surface area (Å²) in [4.78, 5) is 20.6. The number of halogens is 1. The first-order valence-electron chi connectivity index (χ1n) is 20.9. The van der Waals surface area contributed by atoms with Crippen molar-refractivity contribution in [2.75, 3.05) is 38.8 Å². The third kappa shape index (κ3) is 8.83. The van der Waals surface area contributed by atoms with Gasteiger partial charge in [0.25, 0.3) is 0 Å². The lowest BCUT2D eigenvalue weighted by molar-refractivity contribution is -0.0213. The summed E-state index contributed by atoms with van der Waals surface area (Å²) in [5.41, 5.74) is 5.92. The zero-order valence-corrected chi connectivity index (χ0v) is 36.1. The molecular formula is C47H54ClN3O8S. The number of rotatable bonds is 15. The van der Waals surface area contributed by atoms with Crippen LogP contribution in [-0.4, -0.2) is 74.8 Å². The van der Waals surface area contributed by atoms with Crippen LogP contribution in [0.5, 0.6) is 17.2 Å². The third-order valence-corrected chi connectivity index (χ3v) is 15.7. The van der Waals surface area contributed by atoms with Gasteiger partial charge >= 0.3 is 5.97 Å². The lowest BCUT2D eigenvalue weighted by atomic mass is 9.68. The summed E-state index contributed by atoms with van der Waals surface area (Å²) >= 11 is 6.45. The summed E-state index contributed by atoms with van der Waals surface area (Å²) in [7, 11) is -0.505. The lowest BCUT2D eigenvalue weighted by Crippen LogP contribution is -2.49. The van der Waals surface area contributed by atoms with Gasteiger partial charge in [-0.25, -0.2) is 13.2 Å². The van der Waals surface area contributed by atoms with Crippen molar-refractivity contribution in [3.05, 3.63) is 118 Å². The molecule has 0 radical (unpaired) electrons. The number of carboxylic acid groups (broad SMARTS) is 1. The van der Waals surface area contributed by atoms with Crippen LogP contribution < -0.4 is 19.1 Å². The molecule has 4 aliphatic rings. The SMILES string of the molecule is COc1ccc(CN(Cc2ccc(OC)cc2)S(=O)(=O)[C@H](C)CCC2=NO[C@H]([C@@H]3CC[C@H]3CN3CC4(CCCc5cc(Cl)ccc54)COc4ccc(C(=O)O)cc43)C2)cc1. The van der Waals surface area contributed by atoms with Crippen LogP contribution in [0.3, 0.4) is 0 Å². The second-order valence-corrected chi connectivity index (χ2v) is 19.7. The molecule has 2 heterocycles. The average molecular weight is 856 g/mol. The summed E-state index contributed by atoms with van der Waals surface area (Å²) < 4.78 is 47.3. The number of sulfonamides is 1. The summed E-state index contributed by atoms with van der Waals surface area (Å²) in [5, 5.41) is 14.6. The van der Waals surface area contributed by atoms with Crippen molar-refractivity contribution in [3.63, 3.8) is 0 Å². The maximum atomic E-state index is 14.3. The van der Waals surface area contributed by atoms with Gasteiger partial charge in [0, 0.05) is 49.0 Å². The molecule has 1 spiro atoms. The smallest absolute Gasteiger partial charge is 0.335 e. The first-order valence-corrected chi connectivity index (χ1v) is 22.8. The fourth-order valence-electron chi connectivity index (χ4n) is 9.55. The van der Waals surface area contributed by atoms with Crippen molar-refractivity contribution in [3.8, 4) is 17.2 Å². The number of anilines is 1. The molecule has 2 aliphatic carbocycles. The Morgan fingerprint density at radius 2 is 1.68 bits per heavy atom. The molecule has 1 fully saturated rings. The minimum atomic E-state index is -3.72. The minimum Gasteiger partial charge on any atom is -0.497 e. The van der Waals surface area contributed by atoms with Crippen LogP contribution in [0.2, 0.25) is 5.02 Å². The van der Waals surface area contributed by atoms with Crippen LogP contribution in [0.25, 0.3) is 0 Å². The minimum absolute atomic E-state index is 0.0909. The van der Waals surface area contributed by atoms with E-state index in [1.165, 1.54) is 11.1 Å². The van der Waals surface area contributed by atoms with Gasteiger partial charge in [-0.3, -0.25) is 0 Å². The highest BCUT2D eigenvalue weighted by Gasteiger charge is 2.46. The third-order valence-electron chi connectivity index (χ3n) is 13.2. The Kier molecular flexibility index (Phi) is 12.4. The predicted octanol–water partition coefficient (Wildman–Crippen LogP) is 8.90. The Morgan fingerprint density at radius 3 is 2.32 bits per heavy atom. The average Bonchev–Trinajstić information content (AvgIpc) is 3.64. The van der Waals surface area contributed by atoms with Crippen molar-refractivity contribution < 1.29 is 37.4 Å². The molecule has 4 aromatic carbocycles. The molecule has 4 aromatic rings. The van der Waals surface area contributed by atoms with E-state index in [9.17, 15) is 18.3 Å². The maximum Gasteiger partial charge on any atom is 0.335 e. The van der Waals surface area contributed by atoms with Crippen molar-refractivity contribution in [1.29, 1.82) is 0 Å². The fraction of sp³-hybridized carbons (Fsp3) is 0.447. The highest BCUT2D eigenvalue weighted by atomic mass is 35.5. The molecule has 60 heavy (non-hydrogen) atoms. The summed E-state index contributed by atoms with van der Waals surface area (Å²) in [6.07, 6.45) is 6.49. The monoisotopic (exact) mass is 855 g/mol. The molecule has 1 N–H and O–H groups in total. The number of nitrogens with zero attached hydrogens (tertiary/aromatic N) is 3. The fourth-order valence-corrected chi connectivity index (χ4v) is 11.3. The van der Waals surface area contributed by atoms with Gasteiger partial charge in [-0.2, -0.15) is 4.31 Å². The van der Waals surface area contributed by atoms with Gasteiger partial charge in [-0.15, -0.1) is 0 Å². The van der Waals surface area contributed by atoms with Crippen LogP contribution in [0.4, 0.5) is 5.69 Å². The van der Waals surface area contributed by atoms with Crippen LogP contribution in [-0.2, 0) is 39.8 Å². The van der Waals surface area contributed by atoms with E-state index in [0.29, 0.717) is 55.6 Å². The van der Waals surface area contributed by atoms with E-state index in [0.717, 1.165) is 66.2 Å². The van der Waals surface area contributed by atoms with Gasteiger partial charge in [0.05, 0.1) is 43.0 Å². The number of oxime groups is 1. The van der Waals surface area contributed by atoms with E-state index < -0.39 is 21.2 Å². The van der Waals surface area contributed by atoms with E-state index in [1.807, 2.05) is 54.6 Å². The van der Waals surface area contributed by atoms with Gasteiger partial charge in [-0.1, -0.05) is 47.1 Å². The number of methoxy groups -OCH3 is 2. The molecule has 5 atom stereocenters. The van der Waals surface area contributed by atoms with E-state index >= 15 is 0 Å². The number of aromatic carboxylic acids is 1. The molecule has 0 aromatic heterocycles. The molecule has 1 saturated carbocycles. The molecule has 8 rings (SSSR count). The largest absolute Gasteiger partial charge is 0.497 e. The number of carbonyl (C=O) groups is 1. The summed E-state index contributed by atoms with van der Waals surface area (Å²) in [6, 6.07) is 26.3.